The van der Waals surface area contributed by atoms with Gasteiger partial charge in [0.1, 0.15) is 5.60 Å². The summed E-state index contributed by atoms with van der Waals surface area (Å²) in [5.74, 6) is -1.03. The fourth-order valence-electron chi connectivity index (χ4n) is 1.81. The van der Waals surface area contributed by atoms with Crippen molar-refractivity contribution in [1.29, 1.82) is 0 Å². The van der Waals surface area contributed by atoms with Gasteiger partial charge in [-0.25, -0.2) is 9.59 Å². The molecule has 0 saturated carbocycles. The number of rotatable bonds is 2. The van der Waals surface area contributed by atoms with Crippen LogP contribution in [0.2, 0.25) is 0 Å². The molecule has 0 aromatic rings. The molecule has 96 valence electrons. The smallest absolute Gasteiger partial charge is 0.411 e. The van der Waals surface area contributed by atoms with Crippen molar-refractivity contribution in [3.05, 3.63) is 12.2 Å². The van der Waals surface area contributed by atoms with E-state index in [4.69, 9.17) is 4.74 Å². The van der Waals surface area contributed by atoms with Crippen molar-refractivity contribution in [2.45, 2.75) is 45.3 Å². The fraction of sp³-hybridized carbons (Fsp3) is 0.667. The molecule has 1 rings (SSSR count). The molecule has 1 aliphatic rings. The van der Waals surface area contributed by atoms with Gasteiger partial charge < -0.3 is 9.84 Å². The number of carboxylic acids is 1. The highest BCUT2D eigenvalue weighted by Gasteiger charge is 2.47. The molecule has 0 unspecified atom stereocenters. The zero-order chi connectivity index (χ0) is 13.3. The van der Waals surface area contributed by atoms with E-state index in [2.05, 4.69) is 0 Å². The van der Waals surface area contributed by atoms with Gasteiger partial charge in [-0.3, -0.25) is 4.90 Å². The summed E-state index contributed by atoms with van der Waals surface area (Å²) in [6.07, 6.45) is 2.96. The topological polar surface area (TPSA) is 66.8 Å². The Morgan fingerprint density at radius 2 is 2.06 bits per heavy atom. The third-order valence-electron chi connectivity index (χ3n) is 2.69. The molecule has 0 aromatic carbocycles. The van der Waals surface area contributed by atoms with Gasteiger partial charge in [-0.15, -0.1) is 0 Å². The molecule has 1 N–H and O–H groups in total. The van der Waals surface area contributed by atoms with Gasteiger partial charge in [-0.1, -0.05) is 13.0 Å². The van der Waals surface area contributed by atoms with Crippen molar-refractivity contribution in [2.24, 2.45) is 0 Å². The third kappa shape index (κ3) is 2.60. The molecular formula is C12H19NO4. The van der Waals surface area contributed by atoms with Gasteiger partial charge >= 0.3 is 12.1 Å². The van der Waals surface area contributed by atoms with Crippen molar-refractivity contribution in [3.8, 4) is 0 Å². The number of carbonyl (C=O) groups excluding carboxylic acids is 1. The van der Waals surface area contributed by atoms with E-state index in [1.807, 2.05) is 0 Å². The number of carbonyl (C=O) groups is 2. The molecule has 1 atom stereocenters. The van der Waals surface area contributed by atoms with Crippen LogP contribution in [0.25, 0.3) is 0 Å². The first-order valence-corrected chi connectivity index (χ1v) is 5.64. The van der Waals surface area contributed by atoms with Crippen molar-refractivity contribution in [1.82, 2.24) is 4.90 Å². The Balaban J connectivity index is 2.92. The summed E-state index contributed by atoms with van der Waals surface area (Å²) in [4.78, 5) is 24.5. The van der Waals surface area contributed by atoms with E-state index < -0.39 is 23.2 Å². The van der Waals surface area contributed by atoms with Crippen LogP contribution in [0.4, 0.5) is 4.79 Å². The quantitative estimate of drug-likeness (QED) is 0.751. The van der Waals surface area contributed by atoms with Crippen molar-refractivity contribution >= 4 is 12.1 Å². The van der Waals surface area contributed by atoms with E-state index in [1.165, 1.54) is 4.90 Å². The van der Waals surface area contributed by atoms with Crippen LogP contribution in [0.15, 0.2) is 12.2 Å². The molecule has 17 heavy (non-hydrogen) atoms. The molecule has 0 aromatic heterocycles. The summed E-state index contributed by atoms with van der Waals surface area (Å²) in [7, 11) is 0. The van der Waals surface area contributed by atoms with Crippen LogP contribution in [-0.2, 0) is 9.53 Å². The maximum atomic E-state index is 11.9. The van der Waals surface area contributed by atoms with Crippen LogP contribution in [-0.4, -0.2) is 39.8 Å². The lowest BCUT2D eigenvalue weighted by molar-refractivity contribution is -0.147. The van der Waals surface area contributed by atoms with Crippen molar-refractivity contribution in [2.75, 3.05) is 6.54 Å². The molecule has 0 spiro atoms. The van der Waals surface area contributed by atoms with Gasteiger partial charge in [0.05, 0.1) is 0 Å². The first-order valence-electron chi connectivity index (χ1n) is 5.64. The Hall–Kier alpha value is -1.52. The average Bonchev–Trinajstić information content (AvgIpc) is 2.59. The molecule has 0 fully saturated rings. The minimum absolute atomic E-state index is 0.273. The molecule has 0 aliphatic carbocycles. The second kappa shape index (κ2) is 4.39. The summed E-state index contributed by atoms with van der Waals surface area (Å²) in [6.45, 7) is 7.27. The number of hydrogen-bond donors (Lipinski definition) is 1. The number of nitrogens with zero attached hydrogens (tertiary/aromatic N) is 1. The van der Waals surface area contributed by atoms with E-state index in [9.17, 15) is 14.7 Å². The van der Waals surface area contributed by atoms with Crippen molar-refractivity contribution in [3.63, 3.8) is 0 Å². The standard InChI is InChI=1S/C12H19NO4/c1-5-12(9(14)15)7-6-8-13(12)10(16)17-11(2,3)4/h6-7H,5,8H2,1-4H3,(H,14,15)/t12-/m0/s1. The molecule has 1 aliphatic heterocycles. The summed E-state index contributed by atoms with van der Waals surface area (Å²) in [5.41, 5.74) is -1.89. The van der Waals surface area contributed by atoms with E-state index >= 15 is 0 Å². The summed E-state index contributed by atoms with van der Waals surface area (Å²) < 4.78 is 5.21. The van der Waals surface area contributed by atoms with Gasteiger partial charge in [0, 0.05) is 6.54 Å². The molecule has 0 saturated heterocycles. The SMILES string of the molecule is CC[C@@]1(C(=O)O)C=CCN1C(=O)OC(C)(C)C. The Morgan fingerprint density at radius 1 is 1.47 bits per heavy atom. The minimum Gasteiger partial charge on any atom is -0.479 e. The highest BCUT2D eigenvalue weighted by atomic mass is 16.6. The number of aliphatic carboxylic acids is 1. The van der Waals surface area contributed by atoms with Gasteiger partial charge in [-0.05, 0) is 33.3 Å². The highest BCUT2D eigenvalue weighted by molar-refractivity contribution is 5.87. The lowest BCUT2D eigenvalue weighted by atomic mass is 9.96. The maximum Gasteiger partial charge on any atom is 0.411 e. The van der Waals surface area contributed by atoms with Gasteiger partial charge in [0.2, 0.25) is 0 Å². The van der Waals surface area contributed by atoms with Gasteiger partial charge in [-0.2, -0.15) is 0 Å². The first-order chi connectivity index (χ1) is 7.73. The Labute approximate surface area is 101 Å². The largest absolute Gasteiger partial charge is 0.479 e. The second-order valence-corrected chi connectivity index (χ2v) is 5.08. The second-order valence-electron chi connectivity index (χ2n) is 5.08. The highest BCUT2D eigenvalue weighted by Crippen LogP contribution is 2.29. The summed E-state index contributed by atoms with van der Waals surface area (Å²) in [5, 5.41) is 9.28. The molecule has 0 radical (unpaired) electrons. The summed E-state index contributed by atoms with van der Waals surface area (Å²) >= 11 is 0. The van der Waals surface area contributed by atoms with E-state index in [0.717, 1.165) is 0 Å². The van der Waals surface area contributed by atoms with Crippen LogP contribution >= 0.6 is 0 Å². The predicted octanol–water partition coefficient (Wildman–Crippen LogP) is 2.03. The lowest BCUT2D eigenvalue weighted by Gasteiger charge is -2.34. The first kappa shape index (κ1) is 13.5. The number of amides is 1. The number of ether oxygens (including phenoxy) is 1. The predicted molar refractivity (Wildman–Crippen MR) is 62.7 cm³/mol. The third-order valence-corrected chi connectivity index (χ3v) is 2.69. The zero-order valence-corrected chi connectivity index (χ0v) is 10.7. The van der Waals surface area contributed by atoms with Crippen LogP contribution < -0.4 is 0 Å². The molecule has 5 heteroatoms. The number of carboxylic acid groups (broad SMARTS) is 1. The molecular weight excluding hydrogens is 222 g/mol. The average molecular weight is 241 g/mol. The summed E-state index contributed by atoms with van der Waals surface area (Å²) in [6, 6.07) is 0. The van der Waals surface area contributed by atoms with Gasteiger partial charge in [0.15, 0.2) is 5.54 Å². The lowest BCUT2D eigenvalue weighted by Crippen LogP contribution is -2.54. The van der Waals surface area contributed by atoms with Gasteiger partial charge in [0.25, 0.3) is 0 Å². The maximum absolute atomic E-state index is 11.9. The fourth-order valence-corrected chi connectivity index (χ4v) is 1.81. The van der Waals surface area contributed by atoms with Crippen LogP contribution in [0.3, 0.4) is 0 Å². The molecule has 5 nitrogen and oxygen atoms in total. The molecule has 0 bridgehead atoms. The Bertz CT molecular complexity index is 356. The van der Waals surface area contributed by atoms with Crippen molar-refractivity contribution < 1.29 is 19.4 Å². The van der Waals surface area contributed by atoms with Crippen LogP contribution in [0.5, 0.6) is 0 Å². The minimum atomic E-state index is -1.26. The number of hydrogen-bond acceptors (Lipinski definition) is 3. The molecule has 1 amide bonds. The Kier molecular flexibility index (Phi) is 3.50. The van der Waals surface area contributed by atoms with E-state index in [0.29, 0.717) is 6.42 Å². The zero-order valence-electron chi connectivity index (χ0n) is 10.7. The Morgan fingerprint density at radius 3 is 2.47 bits per heavy atom. The monoisotopic (exact) mass is 241 g/mol. The van der Waals surface area contributed by atoms with Crippen LogP contribution in [0.1, 0.15) is 34.1 Å². The normalized spacial score (nSPS) is 23.9. The van der Waals surface area contributed by atoms with E-state index in [1.54, 1.807) is 39.8 Å². The van der Waals surface area contributed by atoms with Crippen LogP contribution in [0, 0.1) is 0 Å². The molecule has 1 heterocycles. The van der Waals surface area contributed by atoms with E-state index in [-0.39, 0.29) is 6.54 Å².